The number of likely N-dealkylation sites (N-methyl/N-ethyl adjacent to an activating group) is 1. The molecule has 2 aromatic carbocycles. The van der Waals surface area contributed by atoms with Crippen molar-refractivity contribution < 1.29 is 5.11 Å². The third-order valence-electron chi connectivity index (χ3n) is 4.00. The molecule has 0 radical (unpaired) electrons. The largest absolute Gasteiger partial charge is 0.508 e. The summed E-state index contributed by atoms with van der Waals surface area (Å²) in [5.74, 6) is 0.250. The highest BCUT2D eigenvalue weighted by molar-refractivity contribution is 5.85. The fourth-order valence-corrected chi connectivity index (χ4v) is 2.54. The van der Waals surface area contributed by atoms with Crippen LogP contribution in [0.5, 0.6) is 5.75 Å². The number of hydrogen-bond donors (Lipinski definition) is 1. The molecule has 1 heterocycles. The topological polar surface area (TPSA) is 58.4 Å². The highest BCUT2D eigenvalue weighted by atomic mass is 35.5. The molecule has 0 aliphatic heterocycles. The Hall–Kier alpha value is -2.63. The summed E-state index contributed by atoms with van der Waals surface area (Å²) in [5, 5.41) is 15.1. The zero-order valence-corrected chi connectivity index (χ0v) is 15.6. The number of rotatable bonds is 5. The van der Waals surface area contributed by atoms with E-state index in [0.29, 0.717) is 11.9 Å². The molecule has 0 atom stereocenters. The normalized spacial score (nSPS) is 11.2. The number of fused-ring (bicyclic) bond motifs is 1. The number of halogens is 1. The summed E-state index contributed by atoms with van der Waals surface area (Å²) in [4.78, 5) is 14.5. The summed E-state index contributed by atoms with van der Waals surface area (Å²) in [6.45, 7) is 1.34. The van der Waals surface area contributed by atoms with Crippen molar-refractivity contribution >= 4 is 35.3 Å². The number of nitrogens with zero attached hydrogens (tertiary/aromatic N) is 3. The molecule has 0 bridgehead atoms. The van der Waals surface area contributed by atoms with Crippen molar-refractivity contribution in [1.82, 2.24) is 14.7 Å². The molecule has 0 unspecified atom stereocenters. The molecule has 0 fully saturated rings. The number of hydrogen-bond acceptors (Lipinski definition) is 4. The first-order valence-electron chi connectivity index (χ1n) is 8.15. The molecule has 0 aliphatic carbocycles. The molecule has 0 saturated heterocycles. The molecule has 3 rings (SSSR count). The van der Waals surface area contributed by atoms with Crippen molar-refractivity contribution in [3.8, 4) is 5.75 Å². The standard InChI is InChI=1S/C20H21N3O2.ClH/c1-22(2)11-12-23-20(25)19-10-7-16(13-17(19)14-21-23)4-3-15-5-8-18(24)9-6-15;/h3-10,13-14,24H,11-12H2,1-2H3;1H/b4-3+;. The predicted molar refractivity (Wildman–Crippen MR) is 109 cm³/mol. The van der Waals surface area contributed by atoms with Crippen LogP contribution in [0.3, 0.4) is 0 Å². The van der Waals surface area contributed by atoms with Gasteiger partial charge in [-0.1, -0.05) is 30.4 Å². The number of phenols is 1. The van der Waals surface area contributed by atoms with E-state index in [1.165, 1.54) is 4.68 Å². The zero-order chi connectivity index (χ0) is 17.8. The Balaban J connectivity index is 0.00000243. The van der Waals surface area contributed by atoms with Gasteiger partial charge in [0.15, 0.2) is 0 Å². The number of aromatic hydroxyl groups is 1. The second-order valence-electron chi connectivity index (χ2n) is 6.25. The Kier molecular flexibility index (Phi) is 6.55. The van der Waals surface area contributed by atoms with Gasteiger partial charge in [0.25, 0.3) is 5.56 Å². The summed E-state index contributed by atoms with van der Waals surface area (Å²) in [6.07, 6.45) is 5.68. The predicted octanol–water partition coefficient (Wildman–Crippen LogP) is 3.26. The first kappa shape index (κ1) is 19.7. The van der Waals surface area contributed by atoms with E-state index < -0.39 is 0 Å². The molecular formula is C20H22ClN3O2. The Morgan fingerprint density at radius 1 is 1.08 bits per heavy atom. The molecule has 1 aromatic heterocycles. The second-order valence-corrected chi connectivity index (χ2v) is 6.25. The van der Waals surface area contributed by atoms with E-state index in [9.17, 15) is 9.90 Å². The van der Waals surface area contributed by atoms with E-state index in [4.69, 9.17) is 0 Å². The Bertz CT molecular complexity index is 963. The van der Waals surface area contributed by atoms with E-state index in [-0.39, 0.29) is 23.7 Å². The lowest BCUT2D eigenvalue weighted by Crippen LogP contribution is -2.28. The van der Waals surface area contributed by atoms with Crippen LogP contribution < -0.4 is 5.56 Å². The lowest BCUT2D eigenvalue weighted by molar-refractivity contribution is 0.368. The molecule has 1 N–H and O–H groups in total. The van der Waals surface area contributed by atoms with Crippen LogP contribution in [-0.2, 0) is 6.54 Å². The molecule has 5 nitrogen and oxygen atoms in total. The maximum atomic E-state index is 12.5. The molecule has 3 aromatic rings. The Labute approximate surface area is 158 Å². The summed E-state index contributed by atoms with van der Waals surface area (Å²) in [6, 6.07) is 12.7. The van der Waals surface area contributed by atoms with Gasteiger partial charge in [0.05, 0.1) is 18.1 Å². The smallest absolute Gasteiger partial charge is 0.274 e. The molecule has 0 saturated carbocycles. The lowest BCUT2D eigenvalue weighted by Gasteiger charge is -2.10. The lowest BCUT2D eigenvalue weighted by atomic mass is 10.1. The van der Waals surface area contributed by atoms with Crippen LogP contribution >= 0.6 is 12.4 Å². The van der Waals surface area contributed by atoms with Gasteiger partial charge in [-0.05, 0) is 49.5 Å². The highest BCUT2D eigenvalue weighted by Gasteiger charge is 2.05. The molecule has 26 heavy (non-hydrogen) atoms. The minimum absolute atomic E-state index is 0. The number of phenolic OH excluding ortho intramolecular Hbond substituents is 1. The molecule has 0 spiro atoms. The maximum absolute atomic E-state index is 12.5. The number of benzene rings is 2. The van der Waals surface area contributed by atoms with E-state index in [1.807, 2.05) is 61.5 Å². The van der Waals surface area contributed by atoms with Gasteiger partial charge >= 0.3 is 0 Å². The van der Waals surface area contributed by atoms with Crippen LogP contribution in [0.2, 0.25) is 0 Å². The van der Waals surface area contributed by atoms with Crippen molar-refractivity contribution in [3.05, 3.63) is 70.1 Å². The van der Waals surface area contributed by atoms with E-state index in [2.05, 4.69) is 5.10 Å². The van der Waals surface area contributed by atoms with Crippen molar-refractivity contribution in [2.24, 2.45) is 0 Å². The second kappa shape index (κ2) is 8.65. The Morgan fingerprint density at radius 2 is 1.73 bits per heavy atom. The molecule has 0 aliphatic rings. The molecule has 0 amide bonds. The van der Waals surface area contributed by atoms with Crippen LogP contribution in [0.4, 0.5) is 0 Å². The highest BCUT2D eigenvalue weighted by Crippen LogP contribution is 2.16. The summed E-state index contributed by atoms with van der Waals surface area (Å²) >= 11 is 0. The average molecular weight is 372 g/mol. The molecular weight excluding hydrogens is 350 g/mol. The van der Waals surface area contributed by atoms with Crippen molar-refractivity contribution in [2.45, 2.75) is 6.54 Å². The van der Waals surface area contributed by atoms with E-state index in [0.717, 1.165) is 23.1 Å². The van der Waals surface area contributed by atoms with Crippen LogP contribution in [-0.4, -0.2) is 40.4 Å². The van der Waals surface area contributed by atoms with Crippen molar-refractivity contribution in [3.63, 3.8) is 0 Å². The van der Waals surface area contributed by atoms with Crippen molar-refractivity contribution in [2.75, 3.05) is 20.6 Å². The third-order valence-corrected chi connectivity index (χ3v) is 4.00. The zero-order valence-electron chi connectivity index (χ0n) is 14.8. The number of aromatic nitrogens is 2. The third kappa shape index (κ3) is 4.71. The van der Waals surface area contributed by atoms with Crippen molar-refractivity contribution in [1.29, 1.82) is 0 Å². The summed E-state index contributed by atoms with van der Waals surface area (Å²) in [5.41, 5.74) is 1.93. The summed E-state index contributed by atoms with van der Waals surface area (Å²) < 4.78 is 1.51. The minimum atomic E-state index is -0.0617. The molecule has 136 valence electrons. The monoisotopic (exact) mass is 371 g/mol. The average Bonchev–Trinajstić information content (AvgIpc) is 2.60. The van der Waals surface area contributed by atoms with Crippen LogP contribution in [0.15, 0.2) is 53.5 Å². The molecule has 6 heteroatoms. The SMILES string of the molecule is CN(C)CCn1ncc2cc(/C=C/c3ccc(O)cc3)ccc2c1=O.Cl. The van der Waals surface area contributed by atoms with Gasteiger partial charge < -0.3 is 10.0 Å². The van der Waals surface area contributed by atoms with Gasteiger partial charge in [-0.25, -0.2) is 4.68 Å². The van der Waals surface area contributed by atoms with Gasteiger partial charge in [-0.2, -0.15) is 5.10 Å². The van der Waals surface area contributed by atoms with Crippen LogP contribution in [0, 0.1) is 0 Å². The quantitative estimate of drug-likeness (QED) is 0.699. The van der Waals surface area contributed by atoms with Gasteiger partial charge in [0, 0.05) is 11.9 Å². The first-order chi connectivity index (χ1) is 12.0. The maximum Gasteiger partial charge on any atom is 0.274 e. The first-order valence-corrected chi connectivity index (χ1v) is 8.15. The Morgan fingerprint density at radius 3 is 2.42 bits per heavy atom. The van der Waals surface area contributed by atoms with Crippen LogP contribution in [0.25, 0.3) is 22.9 Å². The van der Waals surface area contributed by atoms with E-state index >= 15 is 0 Å². The fourth-order valence-electron chi connectivity index (χ4n) is 2.54. The summed E-state index contributed by atoms with van der Waals surface area (Å²) in [7, 11) is 3.94. The van der Waals surface area contributed by atoms with Crippen LogP contribution in [0.1, 0.15) is 11.1 Å². The van der Waals surface area contributed by atoms with Gasteiger partial charge in [-0.15, -0.1) is 12.4 Å². The van der Waals surface area contributed by atoms with Gasteiger partial charge in [-0.3, -0.25) is 4.79 Å². The minimum Gasteiger partial charge on any atom is -0.508 e. The van der Waals surface area contributed by atoms with E-state index in [1.54, 1.807) is 18.3 Å². The fraction of sp³-hybridized carbons (Fsp3) is 0.200. The van der Waals surface area contributed by atoms with Gasteiger partial charge in [0.2, 0.25) is 0 Å². The van der Waals surface area contributed by atoms with Gasteiger partial charge in [0.1, 0.15) is 5.75 Å².